The zero-order valence-electron chi connectivity index (χ0n) is 12.1. The highest BCUT2D eigenvalue weighted by Gasteiger charge is 2.41. The molecule has 2 heterocycles. The summed E-state index contributed by atoms with van der Waals surface area (Å²) < 4.78 is 45.5. The molecule has 1 amide bonds. The molecule has 10 heteroatoms. The van der Waals surface area contributed by atoms with Crippen molar-refractivity contribution in [2.24, 2.45) is 0 Å². The molecule has 0 aliphatic carbocycles. The van der Waals surface area contributed by atoms with Gasteiger partial charge in [0.05, 0.1) is 12.7 Å². The molecule has 7 nitrogen and oxygen atoms in total. The van der Waals surface area contributed by atoms with Crippen LogP contribution >= 0.6 is 0 Å². The van der Waals surface area contributed by atoms with E-state index in [2.05, 4.69) is 15.0 Å². The maximum atomic E-state index is 12.2. The minimum Gasteiger partial charge on any atom is -0.449 e. The monoisotopic (exact) mass is 335 g/mol. The molecule has 1 N–H and O–H groups in total. The molecule has 1 aromatic heterocycles. The lowest BCUT2D eigenvalue weighted by molar-refractivity contribution is -0.200. The first-order chi connectivity index (χ1) is 10.9. The molecule has 0 radical (unpaired) electrons. The van der Waals surface area contributed by atoms with Gasteiger partial charge in [-0.15, -0.1) is 0 Å². The zero-order valence-corrected chi connectivity index (χ0v) is 12.1. The van der Waals surface area contributed by atoms with Crippen molar-refractivity contribution in [1.29, 1.82) is 0 Å². The molecule has 128 valence electrons. The van der Waals surface area contributed by atoms with Gasteiger partial charge < -0.3 is 19.4 Å². The molecule has 1 fully saturated rings. The fourth-order valence-electron chi connectivity index (χ4n) is 2.31. The highest BCUT2D eigenvalue weighted by Crippen LogP contribution is 2.18. The molecule has 23 heavy (non-hydrogen) atoms. The van der Waals surface area contributed by atoms with Crippen molar-refractivity contribution in [2.45, 2.75) is 31.6 Å². The predicted octanol–water partition coefficient (Wildman–Crippen LogP) is 0.861. The van der Waals surface area contributed by atoms with Gasteiger partial charge in [0.25, 0.3) is 5.91 Å². The van der Waals surface area contributed by atoms with E-state index in [1.54, 1.807) is 0 Å². The Balaban J connectivity index is 2.00. The lowest BCUT2D eigenvalue weighted by Crippen LogP contribution is -2.47. The number of aromatic nitrogens is 1. The second-order valence-electron chi connectivity index (χ2n) is 5.00. The summed E-state index contributed by atoms with van der Waals surface area (Å²) in [4.78, 5) is 28.2. The van der Waals surface area contributed by atoms with Crippen molar-refractivity contribution in [3.8, 4) is 0 Å². The van der Waals surface area contributed by atoms with Crippen LogP contribution in [0.15, 0.2) is 16.9 Å². The number of ether oxygens (including phenoxy) is 1. The average Bonchev–Trinajstić information content (AvgIpc) is 3.03. The number of amides is 1. The van der Waals surface area contributed by atoms with Gasteiger partial charge in [-0.2, -0.15) is 13.2 Å². The summed E-state index contributed by atoms with van der Waals surface area (Å²) in [6, 6.07) is -0.180. The van der Waals surface area contributed by atoms with E-state index in [9.17, 15) is 22.8 Å². The van der Waals surface area contributed by atoms with E-state index >= 15 is 0 Å². The number of piperidine rings is 1. The summed E-state index contributed by atoms with van der Waals surface area (Å²) in [5.74, 6) is -2.83. The number of oxazole rings is 1. The van der Waals surface area contributed by atoms with E-state index < -0.39 is 24.7 Å². The molecule has 0 atom stereocenters. The van der Waals surface area contributed by atoms with E-state index in [0.29, 0.717) is 25.9 Å². The maximum absolute atomic E-state index is 12.2. The third-order valence-electron chi connectivity index (χ3n) is 3.42. The third kappa shape index (κ3) is 4.95. The van der Waals surface area contributed by atoms with Crippen LogP contribution in [0.3, 0.4) is 0 Å². The summed E-state index contributed by atoms with van der Waals surface area (Å²) >= 11 is 0. The maximum Gasteiger partial charge on any atom is 0.490 e. The number of nitrogens with one attached hydrogen (secondary N) is 1. The number of alkyl halides is 3. The van der Waals surface area contributed by atoms with Gasteiger partial charge in [0.15, 0.2) is 6.61 Å². The number of nitrogens with zero attached hydrogens (tertiary/aromatic N) is 2. The van der Waals surface area contributed by atoms with Crippen LogP contribution in [0.5, 0.6) is 0 Å². The van der Waals surface area contributed by atoms with E-state index in [-0.39, 0.29) is 18.5 Å². The van der Waals surface area contributed by atoms with Crippen LogP contribution < -0.4 is 5.32 Å². The Morgan fingerprint density at radius 1 is 1.39 bits per heavy atom. The Morgan fingerprint density at radius 2 is 2.09 bits per heavy atom. The molecule has 2 rings (SSSR count). The number of carbonyl (C=O) groups excluding carboxylic acids is 2. The van der Waals surface area contributed by atoms with Gasteiger partial charge >= 0.3 is 12.1 Å². The lowest BCUT2D eigenvalue weighted by Gasteiger charge is -2.33. The summed E-state index contributed by atoms with van der Waals surface area (Å²) in [5.41, 5.74) is 0. The van der Waals surface area contributed by atoms with Crippen LogP contribution in [0, 0.1) is 0 Å². The Kier molecular flexibility index (Phi) is 5.59. The van der Waals surface area contributed by atoms with Crippen molar-refractivity contribution in [3.63, 3.8) is 0 Å². The van der Waals surface area contributed by atoms with Crippen LogP contribution in [-0.2, 0) is 20.9 Å². The van der Waals surface area contributed by atoms with Gasteiger partial charge in [0, 0.05) is 6.04 Å². The van der Waals surface area contributed by atoms with Crippen molar-refractivity contribution < 1.29 is 31.9 Å². The average molecular weight is 335 g/mol. The quantitative estimate of drug-likeness (QED) is 0.804. The second-order valence-corrected chi connectivity index (χ2v) is 5.00. The summed E-state index contributed by atoms with van der Waals surface area (Å²) in [7, 11) is 0. The first-order valence-electron chi connectivity index (χ1n) is 7.00. The number of hydrogen-bond acceptors (Lipinski definition) is 6. The van der Waals surface area contributed by atoms with Crippen molar-refractivity contribution in [3.05, 3.63) is 18.4 Å². The van der Waals surface area contributed by atoms with E-state index in [1.807, 2.05) is 0 Å². The summed E-state index contributed by atoms with van der Waals surface area (Å²) in [6.45, 7) is 0.411. The number of hydrogen-bond donors (Lipinski definition) is 1. The van der Waals surface area contributed by atoms with E-state index in [0.717, 1.165) is 0 Å². The number of carbonyl (C=O) groups is 2. The fourth-order valence-corrected chi connectivity index (χ4v) is 2.31. The van der Waals surface area contributed by atoms with Gasteiger partial charge in [-0.05, 0) is 25.9 Å². The van der Waals surface area contributed by atoms with Crippen LogP contribution in [-0.4, -0.2) is 53.7 Å². The van der Waals surface area contributed by atoms with Crippen LogP contribution in [0.25, 0.3) is 0 Å². The first-order valence-corrected chi connectivity index (χ1v) is 7.00. The highest BCUT2D eigenvalue weighted by atomic mass is 19.4. The van der Waals surface area contributed by atoms with Gasteiger partial charge in [-0.25, -0.2) is 9.78 Å². The highest BCUT2D eigenvalue weighted by molar-refractivity contribution is 5.82. The molecular formula is C13H16F3N3O4. The Labute approximate surface area is 129 Å². The van der Waals surface area contributed by atoms with Crippen LogP contribution in [0.2, 0.25) is 0 Å². The van der Waals surface area contributed by atoms with Gasteiger partial charge in [-0.1, -0.05) is 0 Å². The molecule has 1 aromatic rings. The van der Waals surface area contributed by atoms with Gasteiger partial charge in [0.1, 0.15) is 6.26 Å². The normalized spacial score (nSPS) is 16.1. The molecule has 1 saturated heterocycles. The molecule has 1 aliphatic heterocycles. The van der Waals surface area contributed by atoms with Crippen LogP contribution in [0.4, 0.5) is 13.2 Å². The van der Waals surface area contributed by atoms with Gasteiger partial charge in [-0.3, -0.25) is 4.79 Å². The molecule has 0 saturated carbocycles. The number of rotatable bonds is 5. The topological polar surface area (TPSA) is 84.7 Å². The second kappa shape index (κ2) is 7.44. The Morgan fingerprint density at radius 3 is 2.65 bits per heavy atom. The molecule has 0 bridgehead atoms. The van der Waals surface area contributed by atoms with E-state index in [1.165, 1.54) is 17.4 Å². The molecule has 0 unspecified atom stereocenters. The minimum absolute atomic E-state index is 0.0140. The number of esters is 1. The zero-order chi connectivity index (χ0) is 16.9. The standard InChI is InChI=1S/C13H16F3N3O4/c14-13(15,16)12(21)23-8-11(20)19(7-10-18-5-6-22-10)9-1-3-17-4-2-9/h5-6,9,17H,1-4,7-8H2. The van der Waals surface area contributed by atoms with Crippen molar-refractivity contribution in [1.82, 2.24) is 15.2 Å². The smallest absolute Gasteiger partial charge is 0.449 e. The van der Waals surface area contributed by atoms with E-state index in [4.69, 9.17) is 4.42 Å². The minimum atomic E-state index is -5.12. The molecule has 1 aliphatic rings. The van der Waals surface area contributed by atoms with Crippen molar-refractivity contribution >= 4 is 11.9 Å². The molecule has 0 spiro atoms. The summed E-state index contributed by atoms with van der Waals surface area (Å²) in [6.07, 6.45) is -1.10. The Bertz CT molecular complexity index is 527. The first kappa shape index (κ1) is 17.3. The van der Waals surface area contributed by atoms with Crippen molar-refractivity contribution in [2.75, 3.05) is 19.7 Å². The SMILES string of the molecule is O=C(COC(=O)C(F)(F)F)N(Cc1ncco1)C1CCNCC1. The lowest BCUT2D eigenvalue weighted by atomic mass is 10.0. The van der Waals surface area contributed by atoms with Crippen LogP contribution in [0.1, 0.15) is 18.7 Å². The summed E-state index contributed by atoms with van der Waals surface area (Å²) in [5, 5.41) is 3.13. The third-order valence-corrected chi connectivity index (χ3v) is 3.42. The molecule has 0 aromatic carbocycles. The fraction of sp³-hybridized carbons (Fsp3) is 0.615. The molecular weight excluding hydrogens is 319 g/mol. The Hall–Kier alpha value is -2.10. The predicted molar refractivity (Wildman–Crippen MR) is 70.0 cm³/mol. The number of halogens is 3. The largest absolute Gasteiger partial charge is 0.490 e. The van der Waals surface area contributed by atoms with Gasteiger partial charge in [0.2, 0.25) is 5.89 Å².